The van der Waals surface area contributed by atoms with E-state index in [1.165, 1.54) is 0 Å². The molecule has 0 saturated heterocycles. The first-order chi connectivity index (χ1) is 11.6. The quantitative estimate of drug-likeness (QED) is 0.577. The second kappa shape index (κ2) is 8.18. The number of rotatable bonds is 2. The van der Waals surface area contributed by atoms with Crippen LogP contribution >= 0.6 is 15.2 Å². The van der Waals surface area contributed by atoms with E-state index in [9.17, 15) is 9.13 Å². The van der Waals surface area contributed by atoms with Crippen molar-refractivity contribution in [2.75, 3.05) is 0 Å². The van der Waals surface area contributed by atoms with Gasteiger partial charge in [-0.3, -0.25) is 9.13 Å². The van der Waals surface area contributed by atoms with Crippen LogP contribution < -0.4 is 10.6 Å². The summed E-state index contributed by atoms with van der Waals surface area (Å²) in [4.78, 5) is 36.1. The summed E-state index contributed by atoms with van der Waals surface area (Å²) in [6, 6.07) is 6.91. The normalized spacial score (nSPS) is 11.8. The maximum atomic E-state index is 11.1. The average Bonchev–Trinajstić information content (AvgIpc) is 2.39. The summed E-state index contributed by atoms with van der Waals surface area (Å²) in [6.45, 7) is 10.8. The van der Waals surface area contributed by atoms with Crippen molar-refractivity contribution in [2.24, 2.45) is 0 Å². The smallest absolute Gasteiger partial charge is 0.321 e. The Hall–Kier alpha value is -1.26. The van der Waals surface area contributed by atoms with Crippen molar-refractivity contribution in [3.8, 4) is 0 Å². The Kier molecular flexibility index (Phi) is 7.17. The van der Waals surface area contributed by atoms with Gasteiger partial charge < -0.3 is 19.6 Å². The Morgan fingerprint density at radius 2 is 1.00 bits per heavy atom. The van der Waals surface area contributed by atoms with Crippen LogP contribution in [0.2, 0.25) is 0 Å². The lowest BCUT2D eigenvalue weighted by molar-refractivity contribution is 0.385. The van der Waals surface area contributed by atoms with Gasteiger partial charge in [0.25, 0.3) is 0 Å². The molecule has 8 heteroatoms. The van der Waals surface area contributed by atoms with Gasteiger partial charge in [0.05, 0.1) is 10.6 Å². The average molecular weight is 400 g/mol. The third-order valence-electron chi connectivity index (χ3n) is 4.05. The van der Waals surface area contributed by atoms with E-state index < -0.39 is 15.2 Å². The van der Waals surface area contributed by atoms with Gasteiger partial charge in [0.15, 0.2) is 0 Å². The summed E-state index contributed by atoms with van der Waals surface area (Å²) in [7, 11) is -8.22. The van der Waals surface area contributed by atoms with Crippen LogP contribution in [0.3, 0.4) is 0 Å². The topological polar surface area (TPSA) is 115 Å². The first kappa shape index (κ1) is 22.8. The first-order valence-electron chi connectivity index (χ1n) is 7.92. The summed E-state index contributed by atoms with van der Waals surface area (Å²) in [6.07, 6.45) is 0. The SMILES string of the molecule is Cc1cc(C)c(P(=O)(O)O)c(C)c1.Cc1cc(C)c(P(=O)(O)O)cc1C. The number of benzene rings is 2. The minimum absolute atomic E-state index is 0.135. The molecule has 144 valence electrons. The lowest BCUT2D eigenvalue weighted by Crippen LogP contribution is -2.12. The van der Waals surface area contributed by atoms with Crippen molar-refractivity contribution >= 4 is 25.8 Å². The summed E-state index contributed by atoms with van der Waals surface area (Å²) in [5.41, 5.74) is 4.94. The highest BCUT2D eigenvalue weighted by Gasteiger charge is 2.22. The first-order valence-corrected chi connectivity index (χ1v) is 11.1. The molecule has 0 fully saturated rings. The van der Waals surface area contributed by atoms with Gasteiger partial charge in [0.1, 0.15) is 0 Å². The molecule has 0 saturated carbocycles. The molecule has 0 spiro atoms. The van der Waals surface area contributed by atoms with E-state index in [0.29, 0.717) is 16.7 Å². The summed E-state index contributed by atoms with van der Waals surface area (Å²) < 4.78 is 22.1. The van der Waals surface area contributed by atoms with E-state index in [4.69, 9.17) is 19.6 Å². The minimum Gasteiger partial charge on any atom is -0.321 e. The van der Waals surface area contributed by atoms with Crippen LogP contribution in [0.1, 0.15) is 33.4 Å². The number of hydrogen-bond donors (Lipinski definition) is 4. The lowest BCUT2D eigenvalue weighted by atomic mass is 10.1. The lowest BCUT2D eigenvalue weighted by Gasteiger charge is -2.11. The minimum atomic E-state index is -4.11. The van der Waals surface area contributed by atoms with Crippen LogP contribution in [0, 0.1) is 41.5 Å². The monoisotopic (exact) mass is 400 g/mol. The molecular formula is C18H26O6P2. The molecule has 0 aliphatic heterocycles. The third kappa shape index (κ3) is 5.88. The Balaban J connectivity index is 0.000000260. The molecule has 0 bridgehead atoms. The van der Waals surface area contributed by atoms with Gasteiger partial charge in [0, 0.05) is 0 Å². The number of hydrogen-bond acceptors (Lipinski definition) is 2. The molecular weight excluding hydrogens is 374 g/mol. The van der Waals surface area contributed by atoms with Crippen molar-refractivity contribution in [2.45, 2.75) is 41.5 Å². The van der Waals surface area contributed by atoms with Gasteiger partial charge in [-0.05, 0) is 75.4 Å². The molecule has 2 rings (SSSR count). The van der Waals surface area contributed by atoms with E-state index in [0.717, 1.165) is 16.7 Å². The maximum Gasteiger partial charge on any atom is 0.356 e. The highest BCUT2D eigenvalue weighted by molar-refractivity contribution is 7.60. The second-order valence-electron chi connectivity index (χ2n) is 6.56. The zero-order chi connectivity index (χ0) is 20.4. The maximum absolute atomic E-state index is 11.1. The number of aryl methyl sites for hydroxylation is 6. The predicted molar refractivity (Wildman–Crippen MR) is 105 cm³/mol. The molecule has 0 unspecified atom stereocenters. The van der Waals surface area contributed by atoms with Crippen LogP contribution in [0.4, 0.5) is 0 Å². The predicted octanol–water partition coefficient (Wildman–Crippen LogP) is 2.83. The van der Waals surface area contributed by atoms with Crippen molar-refractivity contribution in [1.29, 1.82) is 0 Å². The highest BCUT2D eigenvalue weighted by Crippen LogP contribution is 2.36. The van der Waals surface area contributed by atoms with Gasteiger partial charge in [0.2, 0.25) is 0 Å². The molecule has 0 atom stereocenters. The fourth-order valence-electron chi connectivity index (χ4n) is 2.89. The molecule has 0 aromatic heterocycles. The van der Waals surface area contributed by atoms with Gasteiger partial charge in [-0.15, -0.1) is 0 Å². The molecule has 0 radical (unpaired) electrons. The van der Waals surface area contributed by atoms with Crippen LogP contribution in [-0.4, -0.2) is 19.6 Å². The molecule has 0 aliphatic rings. The van der Waals surface area contributed by atoms with Crippen molar-refractivity contribution < 1.29 is 28.7 Å². The molecule has 4 N–H and O–H groups in total. The second-order valence-corrected chi connectivity index (χ2v) is 9.66. The van der Waals surface area contributed by atoms with Gasteiger partial charge in [-0.1, -0.05) is 23.8 Å². The van der Waals surface area contributed by atoms with Gasteiger partial charge >= 0.3 is 15.2 Å². The molecule has 0 amide bonds. The van der Waals surface area contributed by atoms with Crippen molar-refractivity contribution in [1.82, 2.24) is 0 Å². The van der Waals surface area contributed by atoms with Crippen molar-refractivity contribution in [3.63, 3.8) is 0 Å². The summed E-state index contributed by atoms with van der Waals surface area (Å²) in [5, 5.41) is 0.300. The fourth-order valence-corrected chi connectivity index (χ4v) is 4.82. The van der Waals surface area contributed by atoms with Crippen LogP contribution in [0.25, 0.3) is 0 Å². The Morgan fingerprint density at radius 3 is 1.38 bits per heavy atom. The zero-order valence-corrected chi connectivity index (χ0v) is 17.6. The largest absolute Gasteiger partial charge is 0.356 e. The molecule has 0 aliphatic carbocycles. The molecule has 6 nitrogen and oxygen atoms in total. The summed E-state index contributed by atoms with van der Waals surface area (Å²) in [5.74, 6) is 0. The molecule has 2 aromatic rings. The zero-order valence-electron chi connectivity index (χ0n) is 15.8. The highest BCUT2D eigenvalue weighted by atomic mass is 31.2. The van der Waals surface area contributed by atoms with Crippen LogP contribution in [0.5, 0.6) is 0 Å². The Labute approximate surface area is 154 Å². The third-order valence-corrected chi connectivity index (χ3v) is 6.45. The Bertz CT molecular complexity index is 885. The standard InChI is InChI=1S/2C9H13O3P/c1-6-4-8(3)9(5-7(6)2)13(10,11)12;1-6-4-7(2)9(8(3)5-6)13(10,11)12/h2*4-5H,1-3H3,(H2,10,11,12). The van der Waals surface area contributed by atoms with E-state index in [2.05, 4.69) is 0 Å². The van der Waals surface area contributed by atoms with Gasteiger partial charge in [-0.2, -0.15) is 0 Å². The van der Waals surface area contributed by atoms with Gasteiger partial charge in [-0.25, -0.2) is 0 Å². The molecule has 0 heterocycles. The van der Waals surface area contributed by atoms with E-state index in [1.54, 1.807) is 45.0 Å². The molecule has 2 aromatic carbocycles. The van der Waals surface area contributed by atoms with Crippen LogP contribution in [-0.2, 0) is 9.13 Å². The fraction of sp³-hybridized carbons (Fsp3) is 0.333. The molecule has 26 heavy (non-hydrogen) atoms. The van der Waals surface area contributed by atoms with Crippen LogP contribution in [0.15, 0.2) is 24.3 Å². The van der Waals surface area contributed by atoms with E-state index in [-0.39, 0.29) is 10.6 Å². The summed E-state index contributed by atoms with van der Waals surface area (Å²) >= 11 is 0. The Morgan fingerprint density at radius 1 is 0.577 bits per heavy atom. The van der Waals surface area contributed by atoms with E-state index in [1.807, 2.05) is 20.8 Å². The van der Waals surface area contributed by atoms with Crippen molar-refractivity contribution in [3.05, 3.63) is 57.6 Å². The van der Waals surface area contributed by atoms with E-state index >= 15 is 0 Å².